The Kier molecular flexibility index (Phi) is 5.32. The van der Waals surface area contributed by atoms with Crippen molar-refractivity contribution in [3.8, 4) is 0 Å². The SMILES string of the molecule is O=C(CC1(O)C(=O)N(Cc2cccs2)c2ccc(Br)cc21)c1ccc2c(c1)CCCC2. The second kappa shape index (κ2) is 8.01. The minimum Gasteiger partial charge on any atom is -0.375 e. The number of fused-ring (bicyclic) bond motifs is 2. The van der Waals surface area contributed by atoms with E-state index in [1.54, 1.807) is 22.3 Å². The van der Waals surface area contributed by atoms with Crippen molar-refractivity contribution in [3.63, 3.8) is 0 Å². The third-order valence-electron chi connectivity index (χ3n) is 6.27. The number of halogens is 1. The Morgan fingerprint density at radius 1 is 1.10 bits per heavy atom. The van der Waals surface area contributed by atoms with Crippen molar-refractivity contribution in [2.45, 2.75) is 44.2 Å². The van der Waals surface area contributed by atoms with Crippen LogP contribution in [0.5, 0.6) is 0 Å². The van der Waals surface area contributed by atoms with Gasteiger partial charge in [-0.1, -0.05) is 34.1 Å². The molecule has 6 heteroatoms. The molecule has 1 unspecified atom stereocenters. The Morgan fingerprint density at radius 3 is 2.68 bits per heavy atom. The Balaban J connectivity index is 1.48. The molecule has 31 heavy (non-hydrogen) atoms. The zero-order valence-electron chi connectivity index (χ0n) is 16.9. The van der Waals surface area contributed by atoms with Crippen molar-refractivity contribution in [2.24, 2.45) is 0 Å². The maximum Gasteiger partial charge on any atom is 0.264 e. The number of rotatable bonds is 5. The number of Topliss-reactive ketones (excluding diaryl/α,β-unsaturated/α-hetero) is 1. The molecule has 0 saturated heterocycles. The molecule has 1 atom stereocenters. The summed E-state index contributed by atoms with van der Waals surface area (Å²) in [6.07, 6.45) is 4.07. The van der Waals surface area contributed by atoms with Crippen molar-refractivity contribution in [3.05, 3.63) is 85.5 Å². The van der Waals surface area contributed by atoms with Gasteiger partial charge in [0.25, 0.3) is 5.91 Å². The third-order valence-corrected chi connectivity index (χ3v) is 7.63. The monoisotopic (exact) mass is 495 g/mol. The Morgan fingerprint density at radius 2 is 1.90 bits per heavy atom. The molecule has 2 heterocycles. The van der Waals surface area contributed by atoms with Crippen LogP contribution in [0.1, 0.15) is 51.2 Å². The van der Waals surface area contributed by atoms with Crippen LogP contribution in [-0.4, -0.2) is 16.8 Å². The number of ketones is 1. The maximum atomic E-state index is 13.4. The fourth-order valence-corrected chi connectivity index (χ4v) is 5.70. The average molecular weight is 496 g/mol. The Bertz CT molecular complexity index is 1170. The summed E-state index contributed by atoms with van der Waals surface area (Å²) < 4.78 is 0.761. The quantitative estimate of drug-likeness (QED) is 0.482. The maximum absolute atomic E-state index is 13.4. The lowest BCUT2D eigenvalue weighted by atomic mass is 9.85. The van der Waals surface area contributed by atoms with Crippen LogP contribution >= 0.6 is 27.3 Å². The number of carbonyl (C=O) groups excluding carboxylic acids is 2. The first-order valence-electron chi connectivity index (χ1n) is 10.5. The molecule has 1 aliphatic heterocycles. The summed E-state index contributed by atoms with van der Waals surface area (Å²) in [6, 6.07) is 15.1. The van der Waals surface area contributed by atoms with E-state index in [1.807, 2.05) is 47.8 Å². The van der Waals surface area contributed by atoms with E-state index in [0.29, 0.717) is 23.4 Å². The second-order valence-corrected chi connectivity index (χ2v) is 10.2. The summed E-state index contributed by atoms with van der Waals surface area (Å²) in [4.78, 5) is 29.3. The van der Waals surface area contributed by atoms with E-state index in [4.69, 9.17) is 0 Å². The van der Waals surface area contributed by atoms with Crippen molar-refractivity contribution in [1.82, 2.24) is 0 Å². The van der Waals surface area contributed by atoms with Gasteiger partial charge in [0, 0.05) is 20.5 Å². The van der Waals surface area contributed by atoms with E-state index in [0.717, 1.165) is 28.6 Å². The van der Waals surface area contributed by atoms with Gasteiger partial charge in [0.1, 0.15) is 0 Å². The summed E-state index contributed by atoms with van der Waals surface area (Å²) in [7, 11) is 0. The molecule has 1 aromatic heterocycles. The van der Waals surface area contributed by atoms with Crippen LogP contribution in [0, 0.1) is 0 Å². The molecule has 1 aliphatic carbocycles. The number of thiophene rings is 1. The van der Waals surface area contributed by atoms with Crippen molar-refractivity contribution >= 4 is 44.6 Å². The van der Waals surface area contributed by atoms with Gasteiger partial charge in [-0.05, 0) is 72.5 Å². The van der Waals surface area contributed by atoms with Gasteiger partial charge >= 0.3 is 0 Å². The normalized spacial score (nSPS) is 19.9. The molecule has 158 valence electrons. The number of aryl methyl sites for hydroxylation is 2. The first-order valence-corrected chi connectivity index (χ1v) is 12.1. The molecule has 0 fully saturated rings. The number of amides is 1. The van der Waals surface area contributed by atoms with Gasteiger partial charge in [-0.2, -0.15) is 0 Å². The molecule has 1 amide bonds. The molecule has 4 nitrogen and oxygen atoms in total. The van der Waals surface area contributed by atoms with Gasteiger partial charge in [0.15, 0.2) is 11.4 Å². The van der Waals surface area contributed by atoms with E-state index in [1.165, 1.54) is 17.5 Å². The van der Waals surface area contributed by atoms with Crippen LogP contribution in [0.2, 0.25) is 0 Å². The minimum atomic E-state index is -1.87. The fourth-order valence-electron chi connectivity index (χ4n) is 4.65. The van der Waals surface area contributed by atoms with Crippen LogP contribution in [0.15, 0.2) is 58.4 Å². The minimum absolute atomic E-state index is 0.215. The number of aliphatic hydroxyl groups is 1. The van der Waals surface area contributed by atoms with Crippen LogP contribution in [0.25, 0.3) is 0 Å². The summed E-state index contributed by atoms with van der Waals surface area (Å²) in [5, 5.41) is 13.5. The zero-order valence-corrected chi connectivity index (χ0v) is 19.3. The highest BCUT2D eigenvalue weighted by Crippen LogP contribution is 2.45. The number of hydrogen-bond acceptors (Lipinski definition) is 4. The first-order chi connectivity index (χ1) is 15.0. The van der Waals surface area contributed by atoms with Crippen molar-refractivity contribution < 1.29 is 14.7 Å². The van der Waals surface area contributed by atoms with E-state index in [2.05, 4.69) is 15.9 Å². The topological polar surface area (TPSA) is 57.6 Å². The lowest BCUT2D eigenvalue weighted by molar-refractivity contribution is -0.136. The number of benzene rings is 2. The van der Waals surface area contributed by atoms with E-state index in [-0.39, 0.29) is 12.2 Å². The Labute approximate surface area is 193 Å². The lowest BCUT2D eigenvalue weighted by Crippen LogP contribution is -2.41. The van der Waals surface area contributed by atoms with E-state index in [9.17, 15) is 14.7 Å². The largest absolute Gasteiger partial charge is 0.375 e. The van der Waals surface area contributed by atoms with Gasteiger partial charge in [-0.15, -0.1) is 11.3 Å². The Hall–Kier alpha value is -2.28. The summed E-state index contributed by atoms with van der Waals surface area (Å²) >= 11 is 5.01. The molecule has 2 aliphatic rings. The average Bonchev–Trinajstić information content (AvgIpc) is 3.35. The van der Waals surface area contributed by atoms with Gasteiger partial charge in [0.2, 0.25) is 0 Å². The predicted octanol–water partition coefficient (Wildman–Crippen LogP) is 5.40. The molecule has 0 bridgehead atoms. The van der Waals surface area contributed by atoms with Crippen molar-refractivity contribution in [1.29, 1.82) is 0 Å². The molecule has 3 aromatic rings. The smallest absolute Gasteiger partial charge is 0.264 e. The van der Waals surface area contributed by atoms with Crippen LogP contribution in [0.3, 0.4) is 0 Å². The van der Waals surface area contributed by atoms with Crippen LogP contribution < -0.4 is 4.90 Å². The molecular weight excluding hydrogens is 474 g/mol. The summed E-state index contributed by atoms with van der Waals surface area (Å²) in [6.45, 7) is 0.375. The molecule has 1 N–H and O–H groups in total. The van der Waals surface area contributed by atoms with Gasteiger partial charge in [0.05, 0.1) is 18.7 Å². The third kappa shape index (κ3) is 3.67. The van der Waals surface area contributed by atoms with Crippen LogP contribution in [0.4, 0.5) is 5.69 Å². The molecular formula is C25H22BrNO3S. The first kappa shape index (κ1) is 20.6. The summed E-state index contributed by atoms with van der Waals surface area (Å²) in [5.74, 6) is -0.659. The standard InChI is InChI=1S/C25H22BrNO3S/c26-19-9-10-22-21(13-19)25(30,24(29)27(22)15-20-6-3-11-31-20)14-23(28)18-8-7-16-4-1-2-5-17(16)12-18/h3,6-13,30H,1-2,4-5,14-15H2. The van der Waals surface area contributed by atoms with Crippen LogP contribution in [-0.2, 0) is 29.8 Å². The molecule has 0 saturated carbocycles. The molecule has 0 spiro atoms. The number of nitrogens with zero attached hydrogens (tertiary/aromatic N) is 1. The van der Waals surface area contributed by atoms with Gasteiger partial charge < -0.3 is 10.0 Å². The zero-order chi connectivity index (χ0) is 21.6. The highest BCUT2D eigenvalue weighted by atomic mass is 79.9. The molecule has 0 radical (unpaired) electrons. The van der Waals surface area contributed by atoms with Gasteiger partial charge in [-0.3, -0.25) is 9.59 Å². The number of anilines is 1. The lowest BCUT2D eigenvalue weighted by Gasteiger charge is -2.23. The van der Waals surface area contributed by atoms with Crippen molar-refractivity contribution in [2.75, 3.05) is 4.90 Å². The highest BCUT2D eigenvalue weighted by molar-refractivity contribution is 9.10. The second-order valence-electron chi connectivity index (χ2n) is 8.28. The summed E-state index contributed by atoms with van der Waals surface area (Å²) in [5.41, 5.74) is 2.34. The fraction of sp³-hybridized carbons (Fsp3) is 0.280. The highest BCUT2D eigenvalue weighted by Gasteiger charge is 2.51. The molecule has 2 aromatic carbocycles. The number of hydrogen-bond donors (Lipinski definition) is 1. The molecule has 5 rings (SSSR count). The van der Waals surface area contributed by atoms with Gasteiger partial charge in [-0.25, -0.2) is 0 Å². The number of carbonyl (C=O) groups is 2. The predicted molar refractivity (Wildman–Crippen MR) is 126 cm³/mol. The van der Waals surface area contributed by atoms with E-state index >= 15 is 0 Å². The van der Waals surface area contributed by atoms with E-state index < -0.39 is 11.5 Å².